The van der Waals surface area contributed by atoms with Crippen molar-refractivity contribution >= 4 is 23.5 Å². The Kier molecular flexibility index (Phi) is 10.8. The summed E-state index contributed by atoms with van der Waals surface area (Å²) in [5.41, 5.74) is 1.11. The monoisotopic (exact) mass is 384 g/mol. The highest BCUT2D eigenvalue weighted by molar-refractivity contribution is 8.17. The number of unbranched alkanes of at least 4 members (excludes halogenated alkanes) is 3. The fraction of sp³-hybridized carbons (Fsp3) is 0.700. The van der Waals surface area contributed by atoms with Crippen LogP contribution in [0.15, 0.2) is 24.3 Å². The van der Waals surface area contributed by atoms with E-state index in [4.69, 9.17) is 9.47 Å². The molecular weight excluding hydrogens is 352 g/mol. The third kappa shape index (κ3) is 8.72. The van der Waals surface area contributed by atoms with Gasteiger partial charge in [0, 0.05) is 0 Å². The first-order valence-electron chi connectivity index (χ1n) is 9.40. The second-order valence-electron chi connectivity index (χ2n) is 6.48. The van der Waals surface area contributed by atoms with Crippen LogP contribution in [-0.2, 0) is 11.3 Å². The normalized spacial score (nSPS) is 16.7. The van der Waals surface area contributed by atoms with Crippen molar-refractivity contribution in [1.29, 1.82) is 0 Å². The van der Waals surface area contributed by atoms with E-state index in [0.717, 1.165) is 28.7 Å². The van der Waals surface area contributed by atoms with Crippen LogP contribution in [0.3, 0.4) is 0 Å². The Bertz CT molecular complexity index is 447. The summed E-state index contributed by atoms with van der Waals surface area (Å²) < 4.78 is 11.9. The smallest absolute Gasteiger partial charge is 0.118 e. The molecule has 2 rings (SSSR count). The van der Waals surface area contributed by atoms with E-state index in [1.807, 2.05) is 24.3 Å². The molecule has 1 aliphatic rings. The van der Waals surface area contributed by atoms with E-state index in [-0.39, 0.29) is 12.7 Å². The molecular formula is C20H32O3S2. The quantitative estimate of drug-likeness (QED) is 0.507. The largest absolute Gasteiger partial charge is 0.497 e. The lowest BCUT2D eigenvalue weighted by molar-refractivity contribution is -0.00349. The van der Waals surface area contributed by atoms with Crippen LogP contribution in [0.5, 0.6) is 5.75 Å². The van der Waals surface area contributed by atoms with Crippen LogP contribution in [0, 0.1) is 0 Å². The summed E-state index contributed by atoms with van der Waals surface area (Å²) in [6, 6.07) is 7.90. The van der Waals surface area contributed by atoms with Gasteiger partial charge in [-0.05, 0) is 48.5 Å². The Morgan fingerprint density at radius 1 is 1.08 bits per heavy atom. The number of hydrogen-bond donors (Lipinski definition) is 1. The van der Waals surface area contributed by atoms with Crippen LogP contribution in [0.2, 0.25) is 0 Å². The molecule has 1 aliphatic heterocycles. The number of aliphatic hydroxyl groups excluding tert-OH is 1. The molecule has 1 aromatic rings. The summed E-state index contributed by atoms with van der Waals surface area (Å²) in [5, 5.41) is 9.51. The second-order valence-corrected chi connectivity index (χ2v) is 9.40. The number of ether oxygens (including phenoxy) is 2. The van der Waals surface area contributed by atoms with Gasteiger partial charge in [-0.3, -0.25) is 0 Å². The number of methoxy groups -OCH3 is 1. The third-order valence-corrected chi connectivity index (χ3v) is 7.54. The molecule has 0 spiro atoms. The molecule has 1 aromatic carbocycles. The van der Waals surface area contributed by atoms with E-state index < -0.39 is 0 Å². The summed E-state index contributed by atoms with van der Waals surface area (Å²) in [7, 11) is 1.67. The first kappa shape index (κ1) is 20.9. The average Bonchev–Trinajstić information content (AvgIpc) is 2.68. The van der Waals surface area contributed by atoms with Gasteiger partial charge < -0.3 is 14.6 Å². The fourth-order valence-corrected chi connectivity index (χ4v) is 5.86. The molecule has 1 N–H and O–H groups in total. The second kappa shape index (κ2) is 12.9. The number of rotatable bonds is 12. The van der Waals surface area contributed by atoms with E-state index in [9.17, 15) is 5.11 Å². The Labute approximate surface area is 161 Å². The van der Waals surface area contributed by atoms with Crippen molar-refractivity contribution in [2.75, 3.05) is 25.2 Å². The zero-order valence-corrected chi connectivity index (χ0v) is 17.0. The molecule has 0 amide bonds. The molecule has 142 valence electrons. The van der Waals surface area contributed by atoms with Gasteiger partial charge in [0.1, 0.15) is 5.75 Å². The fourth-order valence-electron chi connectivity index (χ4n) is 2.90. The summed E-state index contributed by atoms with van der Waals surface area (Å²) in [4.78, 5) is 0. The minimum atomic E-state index is -0.0495. The standard InChI is InChI=1S/C20H32O3S2/c1-22-18-11-9-17(10-12-18)16-23-19(15-21)7-4-2-3-5-8-20-24-13-6-14-25-20/h9-12,19-21H,2-8,13-16H2,1H3/t19-/m0/s1. The number of benzene rings is 1. The van der Waals surface area contributed by atoms with Gasteiger partial charge in [-0.1, -0.05) is 37.8 Å². The summed E-state index contributed by atoms with van der Waals surface area (Å²) in [6.07, 6.45) is 8.64. The SMILES string of the molecule is COc1ccc(CO[C@H](CO)CCCCCCC2SCCCS2)cc1. The molecule has 0 aromatic heterocycles. The van der Waals surface area contributed by atoms with E-state index in [1.165, 1.54) is 43.6 Å². The Balaban J connectivity index is 1.52. The highest BCUT2D eigenvalue weighted by atomic mass is 32.2. The van der Waals surface area contributed by atoms with Gasteiger partial charge in [0.15, 0.2) is 0 Å². The molecule has 3 nitrogen and oxygen atoms in total. The molecule has 1 saturated heterocycles. The van der Waals surface area contributed by atoms with Gasteiger partial charge in [-0.2, -0.15) is 0 Å². The van der Waals surface area contributed by atoms with Crippen molar-refractivity contribution in [2.24, 2.45) is 0 Å². The number of thioether (sulfide) groups is 2. The van der Waals surface area contributed by atoms with Crippen LogP contribution < -0.4 is 4.74 Å². The predicted molar refractivity (Wildman–Crippen MR) is 110 cm³/mol. The van der Waals surface area contributed by atoms with E-state index >= 15 is 0 Å². The van der Waals surface area contributed by atoms with Crippen molar-refractivity contribution in [3.8, 4) is 5.75 Å². The minimum Gasteiger partial charge on any atom is -0.497 e. The molecule has 0 saturated carbocycles. The van der Waals surface area contributed by atoms with Gasteiger partial charge in [-0.15, -0.1) is 23.5 Å². The average molecular weight is 385 g/mol. The van der Waals surface area contributed by atoms with Crippen molar-refractivity contribution in [2.45, 2.75) is 62.2 Å². The molecule has 1 fully saturated rings. The molecule has 1 atom stereocenters. The zero-order valence-electron chi connectivity index (χ0n) is 15.3. The molecule has 25 heavy (non-hydrogen) atoms. The maximum absolute atomic E-state index is 9.51. The molecule has 0 radical (unpaired) electrons. The summed E-state index contributed by atoms with van der Waals surface area (Å²) >= 11 is 4.29. The van der Waals surface area contributed by atoms with E-state index in [0.29, 0.717) is 6.61 Å². The van der Waals surface area contributed by atoms with Gasteiger partial charge in [0.05, 0.1) is 31.0 Å². The Morgan fingerprint density at radius 2 is 1.80 bits per heavy atom. The van der Waals surface area contributed by atoms with Crippen molar-refractivity contribution in [1.82, 2.24) is 0 Å². The Morgan fingerprint density at radius 3 is 2.48 bits per heavy atom. The van der Waals surface area contributed by atoms with Crippen molar-refractivity contribution < 1.29 is 14.6 Å². The maximum Gasteiger partial charge on any atom is 0.118 e. The number of aliphatic hydroxyl groups is 1. The zero-order chi connectivity index (χ0) is 17.7. The van der Waals surface area contributed by atoms with Gasteiger partial charge >= 0.3 is 0 Å². The summed E-state index contributed by atoms with van der Waals surface area (Å²) in [5.74, 6) is 3.55. The topological polar surface area (TPSA) is 38.7 Å². The first-order valence-corrected chi connectivity index (χ1v) is 11.5. The molecule has 5 heteroatoms. The van der Waals surface area contributed by atoms with Crippen LogP contribution in [0.25, 0.3) is 0 Å². The van der Waals surface area contributed by atoms with Gasteiger partial charge in [-0.25, -0.2) is 0 Å². The first-order chi connectivity index (χ1) is 12.3. The van der Waals surface area contributed by atoms with Gasteiger partial charge in [0.25, 0.3) is 0 Å². The van der Waals surface area contributed by atoms with Gasteiger partial charge in [0.2, 0.25) is 0 Å². The number of hydrogen-bond acceptors (Lipinski definition) is 5. The molecule has 1 heterocycles. The van der Waals surface area contributed by atoms with Crippen LogP contribution in [0.1, 0.15) is 50.5 Å². The predicted octanol–water partition coefficient (Wildman–Crippen LogP) is 5.11. The lowest BCUT2D eigenvalue weighted by atomic mass is 10.1. The van der Waals surface area contributed by atoms with E-state index in [2.05, 4.69) is 23.5 Å². The van der Waals surface area contributed by atoms with Crippen LogP contribution >= 0.6 is 23.5 Å². The summed E-state index contributed by atoms with van der Waals surface area (Å²) in [6.45, 7) is 0.650. The van der Waals surface area contributed by atoms with Crippen LogP contribution in [-0.4, -0.2) is 41.0 Å². The van der Waals surface area contributed by atoms with Crippen molar-refractivity contribution in [3.63, 3.8) is 0 Å². The van der Waals surface area contributed by atoms with E-state index in [1.54, 1.807) is 7.11 Å². The molecule has 0 unspecified atom stereocenters. The highest BCUT2D eigenvalue weighted by Gasteiger charge is 2.13. The maximum atomic E-state index is 9.51. The van der Waals surface area contributed by atoms with Crippen LogP contribution in [0.4, 0.5) is 0 Å². The third-order valence-electron chi connectivity index (χ3n) is 4.46. The van der Waals surface area contributed by atoms with Crippen molar-refractivity contribution in [3.05, 3.63) is 29.8 Å². The lowest BCUT2D eigenvalue weighted by Gasteiger charge is -2.20. The minimum absolute atomic E-state index is 0.0495. The highest BCUT2D eigenvalue weighted by Crippen LogP contribution is 2.34. The molecule has 0 aliphatic carbocycles. The lowest BCUT2D eigenvalue weighted by Crippen LogP contribution is -2.17. The Hall–Kier alpha value is -0.360. The molecule has 0 bridgehead atoms.